The number of carbonyl (C=O) groups excluding carboxylic acids is 1. The van der Waals surface area contributed by atoms with E-state index in [4.69, 9.17) is 4.74 Å². The van der Waals surface area contributed by atoms with Crippen molar-refractivity contribution in [3.05, 3.63) is 63.8 Å². The Morgan fingerprint density at radius 3 is 2.93 bits per heavy atom. The highest BCUT2D eigenvalue weighted by Crippen LogP contribution is 2.24. The Kier molecular flexibility index (Phi) is 4.62. The number of amides is 1. The summed E-state index contributed by atoms with van der Waals surface area (Å²) in [5.74, 6) is -0.681. The van der Waals surface area contributed by atoms with Crippen LogP contribution in [0.4, 0.5) is 10.1 Å². The third-order valence-electron chi connectivity index (χ3n) is 4.00. The molecular weight excluding hydrogens is 385 g/mol. The van der Waals surface area contributed by atoms with Crippen LogP contribution in [0.15, 0.2) is 46.6 Å². The fourth-order valence-electron chi connectivity index (χ4n) is 2.71. The molecule has 2 N–H and O–H groups in total. The number of methoxy groups -OCH3 is 1. The van der Waals surface area contributed by atoms with Gasteiger partial charge in [0.1, 0.15) is 11.2 Å². The Labute approximate surface area is 161 Å². The van der Waals surface area contributed by atoms with Crippen molar-refractivity contribution in [1.29, 1.82) is 0 Å². The van der Waals surface area contributed by atoms with Crippen LogP contribution in [0.2, 0.25) is 0 Å². The van der Waals surface area contributed by atoms with Crippen LogP contribution in [0, 0.1) is 5.82 Å². The number of thiophene rings is 1. The van der Waals surface area contributed by atoms with E-state index in [9.17, 15) is 14.0 Å². The molecule has 28 heavy (non-hydrogen) atoms. The van der Waals surface area contributed by atoms with Gasteiger partial charge in [0.25, 0.3) is 5.56 Å². The standard InChI is InChI=1S/C18H14FN5O3S/c1-27-14-5-4-10(7-11(14)19)20-17(25)9-16-21-22-18(26)13-8-12(23-24(13)16)15-3-2-6-28-15/h2-8H,9H2,1H3,(H,20,25)(H,22,26). The number of H-pyrrole nitrogens is 1. The van der Waals surface area contributed by atoms with E-state index >= 15 is 0 Å². The van der Waals surface area contributed by atoms with Crippen LogP contribution in [0.3, 0.4) is 0 Å². The van der Waals surface area contributed by atoms with Gasteiger partial charge in [0.15, 0.2) is 17.4 Å². The molecule has 1 aromatic carbocycles. The van der Waals surface area contributed by atoms with Crippen molar-refractivity contribution in [3.63, 3.8) is 0 Å². The average molecular weight is 399 g/mol. The topological polar surface area (TPSA) is 101 Å². The molecule has 0 aliphatic heterocycles. The molecule has 8 nitrogen and oxygen atoms in total. The lowest BCUT2D eigenvalue weighted by Crippen LogP contribution is -2.22. The number of aromatic nitrogens is 4. The summed E-state index contributed by atoms with van der Waals surface area (Å²) >= 11 is 1.49. The second-order valence-corrected chi connectivity index (χ2v) is 6.79. The maximum absolute atomic E-state index is 13.8. The molecule has 0 atom stereocenters. The fourth-order valence-corrected chi connectivity index (χ4v) is 3.39. The van der Waals surface area contributed by atoms with Crippen LogP contribution in [0.25, 0.3) is 16.1 Å². The van der Waals surface area contributed by atoms with E-state index in [1.807, 2.05) is 17.5 Å². The largest absolute Gasteiger partial charge is 0.494 e. The van der Waals surface area contributed by atoms with Gasteiger partial charge < -0.3 is 10.1 Å². The Bertz CT molecular complexity index is 1220. The highest BCUT2D eigenvalue weighted by Gasteiger charge is 2.15. The minimum absolute atomic E-state index is 0.0830. The van der Waals surface area contributed by atoms with Crippen molar-refractivity contribution >= 4 is 28.4 Å². The van der Waals surface area contributed by atoms with Crippen molar-refractivity contribution in [2.24, 2.45) is 0 Å². The monoisotopic (exact) mass is 399 g/mol. The zero-order chi connectivity index (χ0) is 19.7. The lowest BCUT2D eigenvalue weighted by molar-refractivity contribution is -0.115. The first kappa shape index (κ1) is 17.9. The van der Waals surface area contributed by atoms with Gasteiger partial charge in [0, 0.05) is 11.8 Å². The summed E-state index contributed by atoms with van der Waals surface area (Å²) in [5, 5.41) is 15.2. The molecule has 0 aliphatic rings. The van der Waals surface area contributed by atoms with Crippen molar-refractivity contribution in [1.82, 2.24) is 19.8 Å². The van der Waals surface area contributed by atoms with Crippen LogP contribution in [-0.2, 0) is 11.2 Å². The molecule has 4 aromatic rings. The van der Waals surface area contributed by atoms with Gasteiger partial charge in [-0.05, 0) is 29.6 Å². The summed E-state index contributed by atoms with van der Waals surface area (Å²) in [6.07, 6.45) is -0.160. The Balaban J connectivity index is 1.60. The van der Waals surface area contributed by atoms with E-state index in [-0.39, 0.29) is 29.2 Å². The summed E-state index contributed by atoms with van der Waals surface area (Å²) in [6.45, 7) is 0. The summed E-state index contributed by atoms with van der Waals surface area (Å²) in [6, 6.07) is 9.52. The van der Waals surface area contributed by atoms with Crippen LogP contribution in [-0.4, -0.2) is 32.8 Å². The van der Waals surface area contributed by atoms with E-state index in [0.717, 1.165) is 10.9 Å². The molecule has 1 amide bonds. The van der Waals surface area contributed by atoms with Crippen molar-refractivity contribution in [3.8, 4) is 16.3 Å². The maximum atomic E-state index is 13.8. The zero-order valence-corrected chi connectivity index (χ0v) is 15.4. The molecule has 0 radical (unpaired) electrons. The van der Waals surface area contributed by atoms with E-state index in [0.29, 0.717) is 5.69 Å². The first-order chi connectivity index (χ1) is 13.5. The van der Waals surface area contributed by atoms with Gasteiger partial charge in [0.2, 0.25) is 5.91 Å². The minimum atomic E-state index is -0.586. The van der Waals surface area contributed by atoms with Gasteiger partial charge in [-0.1, -0.05) is 6.07 Å². The predicted octanol–water partition coefficient (Wildman–Crippen LogP) is 2.48. The molecule has 0 aliphatic carbocycles. The number of nitrogens with zero attached hydrogens (tertiary/aromatic N) is 3. The third-order valence-corrected chi connectivity index (χ3v) is 4.89. The molecule has 10 heteroatoms. The highest BCUT2D eigenvalue weighted by molar-refractivity contribution is 7.13. The molecule has 0 saturated heterocycles. The second kappa shape index (κ2) is 7.24. The van der Waals surface area contributed by atoms with Crippen molar-refractivity contribution < 1.29 is 13.9 Å². The Morgan fingerprint density at radius 1 is 1.36 bits per heavy atom. The number of hydrogen-bond acceptors (Lipinski definition) is 6. The summed E-state index contributed by atoms with van der Waals surface area (Å²) in [7, 11) is 1.36. The van der Waals surface area contributed by atoms with Gasteiger partial charge in [-0.25, -0.2) is 14.0 Å². The van der Waals surface area contributed by atoms with Crippen molar-refractivity contribution in [2.45, 2.75) is 6.42 Å². The normalized spacial score (nSPS) is 10.9. The number of ether oxygens (including phenoxy) is 1. The zero-order valence-electron chi connectivity index (χ0n) is 14.6. The average Bonchev–Trinajstić information content (AvgIpc) is 3.34. The van der Waals surface area contributed by atoms with Crippen molar-refractivity contribution in [2.75, 3.05) is 12.4 Å². The number of carbonyl (C=O) groups is 1. The number of hydrogen-bond donors (Lipinski definition) is 2. The smallest absolute Gasteiger partial charge is 0.290 e. The van der Waals surface area contributed by atoms with E-state index < -0.39 is 17.3 Å². The predicted molar refractivity (Wildman–Crippen MR) is 102 cm³/mol. The molecule has 3 aromatic heterocycles. The van der Waals surface area contributed by atoms with Crippen LogP contribution in [0.5, 0.6) is 5.75 Å². The maximum Gasteiger partial charge on any atom is 0.290 e. The number of aromatic amines is 1. The van der Waals surface area contributed by atoms with Gasteiger partial charge in [-0.3, -0.25) is 9.59 Å². The molecular formula is C18H14FN5O3S. The van der Waals surface area contributed by atoms with Crippen LogP contribution < -0.4 is 15.6 Å². The van der Waals surface area contributed by atoms with Crippen LogP contribution >= 0.6 is 11.3 Å². The first-order valence-corrected chi connectivity index (χ1v) is 9.07. The molecule has 3 heterocycles. The number of nitrogens with one attached hydrogen (secondary N) is 2. The second-order valence-electron chi connectivity index (χ2n) is 5.85. The van der Waals surface area contributed by atoms with E-state index in [1.54, 1.807) is 6.07 Å². The Hall–Kier alpha value is -3.53. The quantitative estimate of drug-likeness (QED) is 0.537. The number of rotatable bonds is 5. The van der Waals surface area contributed by atoms with Gasteiger partial charge in [0.05, 0.1) is 18.4 Å². The number of fused-ring (bicyclic) bond motifs is 1. The molecule has 0 bridgehead atoms. The lowest BCUT2D eigenvalue weighted by atomic mass is 10.2. The molecule has 0 fully saturated rings. The number of benzene rings is 1. The Morgan fingerprint density at radius 2 is 2.21 bits per heavy atom. The molecule has 4 rings (SSSR count). The summed E-state index contributed by atoms with van der Waals surface area (Å²) in [4.78, 5) is 25.3. The fraction of sp³-hybridized carbons (Fsp3) is 0.111. The van der Waals surface area contributed by atoms with E-state index in [1.165, 1.54) is 35.1 Å². The lowest BCUT2D eigenvalue weighted by Gasteiger charge is -2.07. The summed E-state index contributed by atoms with van der Waals surface area (Å²) in [5.41, 5.74) is 0.782. The highest BCUT2D eigenvalue weighted by atomic mass is 32.1. The SMILES string of the molecule is COc1ccc(NC(=O)Cc2n[nH]c(=O)c3cc(-c4cccs4)nn23)cc1F. The molecule has 0 spiro atoms. The van der Waals surface area contributed by atoms with Crippen LogP contribution in [0.1, 0.15) is 5.82 Å². The molecule has 0 saturated carbocycles. The van der Waals surface area contributed by atoms with Gasteiger partial charge in [-0.15, -0.1) is 11.3 Å². The first-order valence-electron chi connectivity index (χ1n) is 8.20. The van der Waals surface area contributed by atoms with Gasteiger partial charge in [-0.2, -0.15) is 10.2 Å². The van der Waals surface area contributed by atoms with Gasteiger partial charge >= 0.3 is 0 Å². The summed E-state index contributed by atoms with van der Waals surface area (Å²) < 4.78 is 20.0. The third kappa shape index (κ3) is 3.37. The molecule has 0 unspecified atom stereocenters. The number of anilines is 1. The minimum Gasteiger partial charge on any atom is -0.494 e. The number of halogens is 1. The molecule has 142 valence electrons. The van der Waals surface area contributed by atoms with E-state index in [2.05, 4.69) is 20.6 Å².